The molecule has 0 aromatic heterocycles. The van der Waals surface area contributed by atoms with Gasteiger partial charge in [0.1, 0.15) is 5.54 Å². The highest BCUT2D eigenvalue weighted by Crippen LogP contribution is 2.30. The van der Waals surface area contributed by atoms with Crippen LogP contribution in [-0.4, -0.2) is 29.9 Å². The number of anilines is 1. The Kier molecular flexibility index (Phi) is 5.21. The van der Waals surface area contributed by atoms with Crippen LogP contribution in [0.4, 0.5) is 5.69 Å². The molecule has 0 bridgehead atoms. The number of rotatable bonds is 6. The van der Waals surface area contributed by atoms with E-state index in [1.165, 1.54) is 6.07 Å². The van der Waals surface area contributed by atoms with Crippen LogP contribution in [0.1, 0.15) is 48.9 Å². The number of carbonyl (C=O) groups is 3. The van der Waals surface area contributed by atoms with Crippen molar-refractivity contribution in [2.45, 2.75) is 44.1 Å². The van der Waals surface area contributed by atoms with Crippen molar-refractivity contribution in [3.63, 3.8) is 0 Å². The lowest BCUT2D eigenvalue weighted by atomic mass is 10.00. The Balaban J connectivity index is 1.52. The zero-order valence-electron chi connectivity index (χ0n) is 14.4. The summed E-state index contributed by atoms with van der Waals surface area (Å²) in [4.78, 5) is 35.9. The number of carbonyl (C=O) groups excluding carboxylic acids is 3. The van der Waals surface area contributed by atoms with Crippen LogP contribution in [0, 0.1) is 17.2 Å². The van der Waals surface area contributed by atoms with Gasteiger partial charge in [0.2, 0.25) is 5.91 Å². The molecule has 2 amide bonds. The lowest BCUT2D eigenvalue weighted by molar-refractivity contribution is -0.125. The molecular formula is C19H21N3O4. The summed E-state index contributed by atoms with van der Waals surface area (Å²) in [6, 6.07) is 8.57. The summed E-state index contributed by atoms with van der Waals surface area (Å²) in [5, 5.41) is 14.7. The Morgan fingerprint density at radius 3 is 2.62 bits per heavy atom. The number of nitrogens with zero attached hydrogens (tertiary/aromatic N) is 1. The first-order valence-corrected chi connectivity index (χ1v) is 8.82. The minimum Gasteiger partial charge on any atom is -0.452 e. The number of ether oxygens (including phenoxy) is 1. The first kappa shape index (κ1) is 17.9. The van der Waals surface area contributed by atoms with E-state index >= 15 is 0 Å². The zero-order valence-corrected chi connectivity index (χ0v) is 14.4. The molecule has 3 rings (SSSR count). The SMILES string of the molecule is N#CC1(NC(=O)COC(=O)c2cccc(NC(=O)C3CC3)c2)CCCC1. The molecule has 0 unspecified atom stereocenters. The van der Waals surface area contributed by atoms with Crippen LogP contribution in [-0.2, 0) is 14.3 Å². The van der Waals surface area contributed by atoms with Crippen molar-refractivity contribution in [1.29, 1.82) is 5.26 Å². The predicted molar refractivity (Wildman–Crippen MR) is 93.0 cm³/mol. The molecule has 1 aromatic rings. The van der Waals surface area contributed by atoms with Gasteiger partial charge in [-0.3, -0.25) is 9.59 Å². The Hall–Kier alpha value is -2.88. The molecule has 0 spiro atoms. The molecule has 2 N–H and O–H groups in total. The normalized spacial score (nSPS) is 17.8. The molecule has 0 radical (unpaired) electrons. The highest BCUT2D eigenvalue weighted by Gasteiger charge is 2.35. The Labute approximate surface area is 151 Å². The third-order valence-corrected chi connectivity index (χ3v) is 4.70. The van der Waals surface area contributed by atoms with Crippen molar-refractivity contribution in [3.8, 4) is 6.07 Å². The van der Waals surface area contributed by atoms with E-state index in [0.717, 1.165) is 25.7 Å². The second-order valence-corrected chi connectivity index (χ2v) is 6.87. The molecule has 2 fully saturated rings. The topological polar surface area (TPSA) is 108 Å². The maximum Gasteiger partial charge on any atom is 0.338 e. The highest BCUT2D eigenvalue weighted by atomic mass is 16.5. The smallest absolute Gasteiger partial charge is 0.338 e. The van der Waals surface area contributed by atoms with Crippen molar-refractivity contribution in [3.05, 3.63) is 29.8 Å². The molecule has 0 saturated heterocycles. The van der Waals surface area contributed by atoms with Crippen LogP contribution in [0.25, 0.3) is 0 Å². The summed E-state index contributed by atoms with van der Waals surface area (Å²) in [6.45, 7) is -0.444. The number of benzene rings is 1. The molecule has 0 aliphatic heterocycles. The first-order valence-electron chi connectivity index (χ1n) is 8.82. The molecule has 0 heterocycles. The van der Waals surface area contributed by atoms with Crippen molar-refractivity contribution >= 4 is 23.5 Å². The largest absolute Gasteiger partial charge is 0.452 e. The van der Waals surface area contributed by atoms with Gasteiger partial charge >= 0.3 is 5.97 Å². The molecular weight excluding hydrogens is 334 g/mol. The van der Waals surface area contributed by atoms with Crippen LogP contribution in [0.15, 0.2) is 24.3 Å². The second-order valence-electron chi connectivity index (χ2n) is 6.87. The summed E-state index contributed by atoms with van der Waals surface area (Å²) in [5.41, 5.74) is -0.0614. The fourth-order valence-corrected chi connectivity index (χ4v) is 3.07. The molecule has 2 saturated carbocycles. The lowest BCUT2D eigenvalue weighted by Gasteiger charge is -2.21. The van der Waals surface area contributed by atoms with E-state index < -0.39 is 24.0 Å². The molecule has 7 nitrogen and oxygen atoms in total. The summed E-state index contributed by atoms with van der Waals surface area (Å²) < 4.78 is 5.04. The van der Waals surface area contributed by atoms with Gasteiger partial charge in [-0.1, -0.05) is 6.07 Å². The number of esters is 1. The molecule has 0 atom stereocenters. The van der Waals surface area contributed by atoms with Crippen LogP contribution < -0.4 is 10.6 Å². The maximum absolute atomic E-state index is 12.1. The summed E-state index contributed by atoms with van der Waals surface area (Å²) in [5.74, 6) is -1.12. The quantitative estimate of drug-likeness (QED) is 0.760. The van der Waals surface area contributed by atoms with Crippen LogP contribution in [0.5, 0.6) is 0 Å². The minimum atomic E-state index is -0.837. The molecule has 26 heavy (non-hydrogen) atoms. The predicted octanol–water partition coefficient (Wildman–Crippen LogP) is 2.14. The van der Waals surface area contributed by atoms with Gasteiger partial charge in [0.05, 0.1) is 11.6 Å². The standard InChI is InChI=1S/C19H21N3O4/c20-12-19(8-1-2-9-19)22-16(23)11-26-18(25)14-4-3-5-15(10-14)21-17(24)13-6-7-13/h3-5,10,13H,1-2,6-9,11H2,(H,21,24)(H,22,23). The van der Waals surface area contributed by atoms with E-state index in [2.05, 4.69) is 16.7 Å². The molecule has 2 aliphatic rings. The molecule has 2 aliphatic carbocycles. The van der Waals surface area contributed by atoms with Gasteiger partial charge in [0, 0.05) is 11.6 Å². The van der Waals surface area contributed by atoms with Gasteiger partial charge in [-0.05, 0) is 56.7 Å². The average Bonchev–Trinajstić information content (AvgIpc) is 3.40. The first-order chi connectivity index (χ1) is 12.5. The van der Waals surface area contributed by atoms with Gasteiger partial charge in [0.25, 0.3) is 5.91 Å². The fraction of sp³-hybridized carbons (Fsp3) is 0.474. The Morgan fingerprint density at radius 2 is 1.96 bits per heavy atom. The van der Waals surface area contributed by atoms with Crippen molar-refractivity contribution in [2.75, 3.05) is 11.9 Å². The van der Waals surface area contributed by atoms with Crippen LogP contribution in [0.3, 0.4) is 0 Å². The van der Waals surface area contributed by atoms with Gasteiger partial charge in [-0.2, -0.15) is 5.26 Å². The monoisotopic (exact) mass is 355 g/mol. The Morgan fingerprint density at radius 1 is 1.23 bits per heavy atom. The average molecular weight is 355 g/mol. The fourth-order valence-electron chi connectivity index (χ4n) is 3.07. The Bertz CT molecular complexity index is 758. The van der Waals surface area contributed by atoms with Gasteiger partial charge in [-0.15, -0.1) is 0 Å². The maximum atomic E-state index is 12.1. The zero-order chi connectivity index (χ0) is 18.6. The third-order valence-electron chi connectivity index (χ3n) is 4.70. The number of hydrogen-bond donors (Lipinski definition) is 2. The number of nitrogens with one attached hydrogen (secondary N) is 2. The van der Waals surface area contributed by atoms with E-state index in [9.17, 15) is 19.6 Å². The van der Waals surface area contributed by atoms with E-state index in [-0.39, 0.29) is 17.4 Å². The van der Waals surface area contributed by atoms with Gasteiger partial charge in [-0.25, -0.2) is 4.79 Å². The van der Waals surface area contributed by atoms with E-state index in [1.54, 1.807) is 18.2 Å². The van der Waals surface area contributed by atoms with E-state index in [4.69, 9.17) is 4.74 Å². The lowest BCUT2D eigenvalue weighted by Crippen LogP contribution is -2.46. The highest BCUT2D eigenvalue weighted by molar-refractivity contribution is 5.96. The van der Waals surface area contributed by atoms with Crippen molar-refractivity contribution in [1.82, 2.24) is 5.32 Å². The van der Waals surface area contributed by atoms with Crippen LogP contribution >= 0.6 is 0 Å². The van der Waals surface area contributed by atoms with E-state index in [1.807, 2.05) is 0 Å². The summed E-state index contributed by atoms with van der Waals surface area (Å²) >= 11 is 0. The van der Waals surface area contributed by atoms with E-state index in [0.29, 0.717) is 18.5 Å². The second kappa shape index (κ2) is 7.56. The molecule has 136 valence electrons. The molecule has 1 aromatic carbocycles. The van der Waals surface area contributed by atoms with Crippen molar-refractivity contribution in [2.24, 2.45) is 5.92 Å². The number of hydrogen-bond acceptors (Lipinski definition) is 5. The number of amides is 2. The minimum absolute atomic E-state index is 0.0479. The summed E-state index contributed by atoms with van der Waals surface area (Å²) in [6.07, 6.45) is 4.82. The third kappa shape index (κ3) is 4.39. The molecule has 7 heteroatoms. The summed E-state index contributed by atoms with van der Waals surface area (Å²) in [7, 11) is 0. The van der Waals surface area contributed by atoms with Gasteiger partial charge in [0.15, 0.2) is 6.61 Å². The van der Waals surface area contributed by atoms with Gasteiger partial charge < -0.3 is 15.4 Å². The van der Waals surface area contributed by atoms with Crippen LogP contribution in [0.2, 0.25) is 0 Å². The number of nitriles is 1. The van der Waals surface area contributed by atoms with Crippen molar-refractivity contribution < 1.29 is 19.1 Å².